The second-order valence-electron chi connectivity index (χ2n) is 19.4. The van der Waals surface area contributed by atoms with Crippen molar-refractivity contribution >= 4 is 17.1 Å². The molecular formula is C63H53N. The van der Waals surface area contributed by atoms with Gasteiger partial charge in [-0.15, -0.1) is 0 Å². The number of anilines is 3. The zero-order valence-electron chi connectivity index (χ0n) is 37.7. The van der Waals surface area contributed by atoms with Crippen molar-refractivity contribution in [3.05, 3.63) is 246 Å². The summed E-state index contributed by atoms with van der Waals surface area (Å²) in [5, 5.41) is 0. The number of rotatable bonds is 7. The summed E-state index contributed by atoms with van der Waals surface area (Å²) >= 11 is 0. The van der Waals surface area contributed by atoms with Crippen molar-refractivity contribution in [1.82, 2.24) is 0 Å². The van der Waals surface area contributed by atoms with Gasteiger partial charge in [0.1, 0.15) is 0 Å². The molecule has 9 aromatic carbocycles. The molecule has 310 valence electrons. The molecule has 0 fully saturated rings. The van der Waals surface area contributed by atoms with Crippen LogP contribution in [0.4, 0.5) is 17.1 Å². The fraction of sp³-hybridized carbons (Fsp3) is 0.143. The van der Waals surface area contributed by atoms with Gasteiger partial charge >= 0.3 is 0 Å². The van der Waals surface area contributed by atoms with Crippen LogP contribution in [0.2, 0.25) is 0 Å². The standard InChI is InChI=1S/C63H53N/c1-61(2,3)44-35-31-43(32-36-44)49-22-14-17-30-59(49)64(47-39-40-53-51-24-13-16-29-57(51)63(6,58(53)41-47)45-19-8-7-9-20-45)46-37-33-42(34-38-46)48-21-10-11-23-50(48)54-26-18-27-55-52-25-12-15-28-56(52)62(4,5)60(54)55/h7-41H,1-6H3. The van der Waals surface area contributed by atoms with Crippen LogP contribution in [0.25, 0.3) is 55.6 Å². The third kappa shape index (κ3) is 6.21. The predicted octanol–water partition coefficient (Wildman–Crippen LogP) is 17.1. The summed E-state index contributed by atoms with van der Waals surface area (Å²) in [6.07, 6.45) is 0. The highest BCUT2D eigenvalue weighted by atomic mass is 15.1. The van der Waals surface area contributed by atoms with Crippen molar-refractivity contribution in [1.29, 1.82) is 0 Å². The molecule has 0 heterocycles. The highest BCUT2D eigenvalue weighted by Gasteiger charge is 2.41. The molecule has 0 amide bonds. The second kappa shape index (κ2) is 15.0. The lowest BCUT2D eigenvalue weighted by Gasteiger charge is -2.31. The SMILES string of the molecule is CC(C)(C)c1ccc(-c2ccccc2N(c2ccc(-c3ccccc3-c3cccc4c3C(C)(C)c3ccccc3-4)cc2)c2ccc3c(c2)C(C)(c2ccccc2)c2ccccc2-3)cc1. The van der Waals surface area contributed by atoms with Gasteiger partial charge < -0.3 is 4.90 Å². The third-order valence-corrected chi connectivity index (χ3v) is 14.3. The van der Waals surface area contributed by atoms with Crippen LogP contribution in [0.1, 0.15) is 74.9 Å². The van der Waals surface area contributed by atoms with E-state index in [4.69, 9.17) is 0 Å². The van der Waals surface area contributed by atoms with Crippen LogP contribution in [-0.4, -0.2) is 0 Å². The molecule has 9 aromatic rings. The van der Waals surface area contributed by atoms with E-state index in [-0.39, 0.29) is 16.2 Å². The lowest BCUT2D eigenvalue weighted by Crippen LogP contribution is -2.22. The topological polar surface area (TPSA) is 3.24 Å². The van der Waals surface area contributed by atoms with Crippen molar-refractivity contribution in [2.45, 2.75) is 57.8 Å². The van der Waals surface area contributed by atoms with Gasteiger partial charge in [-0.1, -0.05) is 217 Å². The number of para-hydroxylation sites is 1. The Morgan fingerprint density at radius 1 is 0.359 bits per heavy atom. The lowest BCUT2D eigenvalue weighted by molar-refractivity contribution is 0.590. The average molecular weight is 824 g/mol. The van der Waals surface area contributed by atoms with E-state index in [0.29, 0.717) is 0 Å². The molecule has 0 aliphatic heterocycles. The first-order valence-corrected chi connectivity index (χ1v) is 22.8. The van der Waals surface area contributed by atoms with E-state index < -0.39 is 0 Å². The smallest absolute Gasteiger partial charge is 0.0540 e. The molecule has 64 heavy (non-hydrogen) atoms. The Morgan fingerprint density at radius 2 is 0.844 bits per heavy atom. The monoisotopic (exact) mass is 823 g/mol. The van der Waals surface area contributed by atoms with Gasteiger partial charge in [0.05, 0.1) is 5.69 Å². The Kier molecular flexibility index (Phi) is 9.26. The van der Waals surface area contributed by atoms with E-state index in [9.17, 15) is 0 Å². The molecule has 0 saturated carbocycles. The van der Waals surface area contributed by atoms with E-state index in [1.165, 1.54) is 89.0 Å². The van der Waals surface area contributed by atoms with Gasteiger partial charge in [0.15, 0.2) is 0 Å². The maximum atomic E-state index is 2.47. The molecule has 1 nitrogen and oxygen atoms in total. The minimum atomic E-state index is -0.321. The zero-order valence-corrected chi connectivity index (χ0v) is 37.7. The number of fused-ring (bicyclic) bond motifs is 6. The van der Waals surface area contributed by atoms with Gasteiger partial charge in [-0.05, 0) is 126 Å². The van der Waals surface area contributed by atoms with E-state index in [1.54, 1.807) is 0 Å². The first-order valence-electron chi connectivity index (χ1n) is 22.8. The Balaban J connectivity index is 1.07. The molecule has 0 N–H and O–H groups in total. The summed E-state index contributed by atoms with van der Waals surface area (Å²) in [4.78, 5) is 2.47. The number of hydrogen-bond acceptors (Lipinski definition) is 1. The van der Waals surface area contributed by atoms with Crippen LogP contribution < -0.4 is 4.90 Å². The summed E-state index contributed by atoms with van der Waals surface area (Å²) in [6, 6.07) is 79.2. The highest BCUT2D eigenvalue weighted by molar-refractivity contribution is 5.95. The van der Waals surface area contributed by atoms with Crippen LogP contribution in [0.5, 0.6) is 0 Å². The molecule has 1 unspecified atom stereocenters. The van der Waals surface area contributed by atoms with Crippen LogP contribution >= 0.6 is 0 Å². The van der Waals surface area contributed by atoms with Gasteiger partial charge in [0.25, 0.3) is 0 Å². The Labute approximate surface area is 379 Å². The third-order valence-electron chi connectivity index (χ3n) is 14.3. The van der Waals surface area contributed by atoms with Gasteiger partial charge in [-0.2, -0.15) is 0 Å². The van der Waals surface area contributed by atoms with Gasteiger partial charge in [-0.3, -0.25) is 0 Å². The quantitative estimate of drug-likeness (QED) is 0.155. The van der Waals surface area contributed by atoms with E-state index >= 15 is 0 Å². The Morgan fingerprint density at radius 3 is 1.53 bits per heavy atom. The molecule has 0 bridgehead atoms. The molecule has 1 atom stereocenters. The molecule has 1 heteroatoms. The van der Waals surface area contributed by atoms with Crippen molar-refractivity contribution < 1.29 is 0 Å². The molecule has 0 saturated heterocycles. The Hall–Kier alpha value is -7.22. The Bertz CT molecular complexity index is 3220. The largest absolute Gasteiger partial charge is 0.310 e. The number of benzene rings is 9. The molecule has 0 aromatic heterocycles. The molecule has 0 radical (unpaired) electrons. The highest BCUT2D eigenvalue weighted by Crippen LogP contribution is 2.55. The minimum Gasteiger partial charge on any atom is -0.310 e. The average Bonchev–Trinajstić information content (AvgIpc) is 3.73. The summed E-state index contributed by atoms with van der Waals surface area (Å²) < 4.78 is 0. The maximum absolute atomic E-state index is 2.47. The fourth-order valence-corrected chi connectivity index (χ4v) is 11.0. The van der Waals surface area contributed by atoms with E-state index in [1.807, 2.05) is 0 Å². The first-order chi connectivity index (χ1) is 31.0. The molecule has 0 spiro atoms. The van der Waals surface area contributed by atoms with Crippen LogP contribution in [0, 0.1) is 0 Å². The molecule has 2 aliphatic carbocycles. The zero-order chi connectivity index (χ0) is 43.8. The van der Waals surface area contributed by atoms with Crippen molar-refractivity contribution in [3.8, 4) is 55.6 Å². The predicted molar refractivity (Wildman–Crippen MR) is 271 cm³/mol. The summed E-state index contributed by atoms with van der Waals surface area (Å²) in [7, 11) is 0. The van der Waals surface area contributed by atoms with Crippen LogP contribution in [-0.2, 0) is 16.2 Å². The second-order valence-corrected chi connectivity index (χ2v) is 19.4. The van der Waals surface area contributed by atoms with Gasteiger partial charge in [0, 0.05) is 27.8 Å². The van der Waals surface area contributed by atoms with Crippen molar-refractivity contribution in [2.75, 3.05) is 4.90 Å². The molecular weight excluding hydrogens is 771 g/mol. The fourth-order valence-electron chi connectivity index (χ4n) is 11.0. The van der Waals surface area contributed by atoms with Crippen molar-refractivity contribution in [2.24, 2.45) is 0 Å². The minimum absolute atomic E-state index is 0.0691. The number of hydrogen-bond donors (Lipinski definition) is 0. The van der Waals surface area contributed by atoms with Gasteiger partial charge in [0.2, 0.25) is 0 Å². The molecule has 2 aliphatic rings. The summed E-state index contributed by atoms with van der Waals surface area (Å²) in [5.41, 5.74) is 23.7. The molecule has 11 rings (SSSR count). The lowest BCUT2D eigenvalue weighted by atomic mass is 9.74. The van der Waals surface area contributed by atoms with E-state index in [2.05, 4.69) is 259 Å². The maximum Gasteiger partial charge on any atom is 0.0540 e. The number of nitrogens with zero attached hydrogens (tertiary/aromatic N) is 1. The summed E-state index contributed by atoms with van der Waals surface area (Å²) in [5.74, 6) is 0. The summed E-state index contributed by atoms with van der Waals surface area (Å²) in [6.45, 7) is 14.0. The van der Waals surface area contributed by atoms with Crippen molar-refractivity contribution in [3.63, 3.8) is 0 Å². The van der Waals surface area contributed by atoms with Gasteiger partial charge in [-0.25, -0.2) is 0 Å². The van der Waals surface area contributed by atoms with E-state index in [0.717, 1.165) is 17.1 Å². The first kappa shape index (κ1) is 39.6. The normalized spacial score (nSPS) is 15.5. The van der Waals surface area contributed by atoms with Crippen LogP contribution in [0.15, 0.2) is 212 Å². The van der Waals surface area contributed by atoms with Crippen LogP contribution in [0.3, 0.4) is 0 Å².